The molecule has 1 aromatic heterocycles. The summed E-state index contributed by atoms with van der Waals surface area (Å²) in [5.41, 5.74) is 5.58. The number of hydrogen-bond donors (Lipinski definition) is 3. The van der Waals surface area contributed by atoms with Crippen LogP contribution in [0.3, 0.4) is 0 Å². The van der Waals surface area contributed by atoms with Crippen molar-refractivity contribution in [1.29, 1.82) is 0 Å². The second-order valence-corrected chi connectivity index (χ2v) is 5.03. The predicted octanol–water partition coefficient (Wildman–Crippen LogP) is -1.30. The molecular weight excluding hydrogens is 254 g/mol. The lowest BCUT2D eigenvalue weighted by Gasteiger charge is -2.22. The molecule has 2 heterocycles. The Hall–Kier alpha value is -1.44. The van der Waals surface area contributed by atoms with Gasteiger partial charge in [-0.2, -0.15) is 0 Å². The Morgan fingerprint density at radius 3 is 2.83 bits per heavy atom. The molecule has 0 aliphatic carbocycles. The summed E-state index contributed by atoms with van der Waals surface area (Å²) in [5, 5.41) is 5.00. The van der Waals surface area contributed by atoms with Gasteiger partial charge in [0, 0.05) is 0 Å². The molecule has 18 heavy (non-hydrogen) atoms. The van der Waals surface area contributed by atoms with Gasteiger partial charge in [0.15, 0.2) is 6.54 Å². The quantitative estimate of drug-likeness (QED) is 0.636. The lowest BCUT2D eigenvalue weighted by Crippen LogP contribution is -3.15. The number of morpholine rings is 1. The lowest BCUT2D eigenvalue weighted by molar-refractivity contribution is -0.899. The van der Waals surface area contributed by atoms with Crippen LogP contribution in [0.5, 0.6) is 0 Å². The molecule has 4 N–H and O–H groups in total. The van der Waals surface area contributed by atoms with Gasteiger partial charge < -0.3 is 20.7 Å². The number of nitrogens with one attached hydrogen (secondary N) is 2. The van der Waals surface area contributed by atoms with Crippen LogP contribution in [0, 0.1) is 0 Å². The largest absolute Gasteiger partial charge is 0.370 e. The zero-order chi connectivity index (χ0) is 13.0. The van der Waals surface area contributed by atoms with Crippen molar-refractivity contribution in [1.82, 2.24) is 0 Å². The third-order valence-electron chi connectivity index (χ3n) is 2.79. The molecule has 1 saturated heterocycles. The molecule has 0 spiro atoms. The number of carbonyl (C=O) groups is 2. The zero-order valence-corrected chi connectivity index (χ0v) is 10.7. The minimum Gasteiger partial charge on any atom is -0.370 e. The Balaban J connectivity index is 1.90. The second kappa shape index (κ2) is 5.94. The molecule has 6 nitrogen and oxygen atoms in total. The van der Waals surface area contributed by atoms with Crippen molar-refractivity contribution >= 4 is 28.2 Å². The fourth-order valence-corrected chi connectivity index (χ4v) is 2.64. The standard InChI is InChI=1S/C11H15N3O3S/c12-10(16)8-1-6-18-11(8)13-9(15)7-14-2-4-17-5-3-14/h1,6H,2-5,7H2,(H2,12,16)(H,13,15)/p+1. The van der Waals surface area contributed by atoms with E-state index in [4.69, 9.17) is 10.5 Å². The first-order valence-electron chi connectivity index (χ1n) is 5.75. The average Bonchev–Trinajstić information content (AvgIpc) is 2.78. The first-order chi connectivity index (χ1) is 8.66. The Kier molecular flexibility index (Phi) is 4.29. The molecule has 0 atom stereocenters. The summed E-state index contributed by atoms with van der Waals surface area (Å²) in [7, 11) is 0. The van der Waals surface area contributed by atoms with Crippen LogP contribution in [-0.2, 0) is 9.53 Å². The smallest absolute Gasteiger partial charge is 0.280 e. The van der Waals surface area contributed by atoms with Crippen LogP contribution >= 0.6 is 11.3 Å². The van der Waals surface area contributed by atoms with Gasteiger partial charge in [0.2, 0.25) is 0 Å². The van der Waals surface area contributed by atoms with Gasteiger partial charge in [0.1, 0.15) is 18.1 Å². The Morgan fingerprint density at radius 1 is 1.44 bits per heavy atom. The van der Waals surface area contributed by atoms with E-state index in [0.29, 0.717) is 30.3 Å². The van der Waals surface area contributed by atoms with E-state index in [9.17, 15) is 9.59 Å². The predicted molar refractivity (Wildman–Crippen MR) is 67.8 cm³/mol. The number of carbonyl (C=O) groups excluding carboxylic acids is 2. The van der Waals surface area contributed by atoms with Gasteiger partial charge in [-0.05, 0) is 11.4 Å². The van der Waals surface area contributed by atoms with Gasteiger partial charge >= 0.3 is 0 Å². The third kappa shape index (κ3) is 3.28. The maximum Gasteiger partial charge on any atom is 0.280 e. The van der Waals surface area contributed by atoms with E-state index in [-0.39, 0.29) is 5.91 Å². The second-order valence-electron chi connectivity index (χ2n) is 4.11. The van der Waals surface area contributed by atoms with Gasteiger partial charge in [-0.3, -0.25) is 9.59 Å². The molecule has 0 aromatic carbocycles. The van der Waals surface area contributed by atoms with Crippen LogP contribution in [0.15, 0.2) is 11.4 Å². The summed E-state index contributed by atoms with van der Waals surface area (Å²) in [6, 6.07) is 1.62. The Labute approximate surface area is 109 Å². The summed E-state index contributed by atoms with van der Waals surface area (Å²) >= 11 is 1.30. The minimum atomic E-state index is -0.523. The number of nitrogens with two attached hydrogens (primary N) is 1. The summed E-state index contributed by atoms with van der Waals surface area (Å²) in [6.45, 7) is 3.43. The van der Waals surface area contributed by atoms with Crippen LogP contribution in [0.1, 0.15) is 10.4 Å². The van der Waals surface area contributed by atoms with Gasteiger partial charge in [-0.15, -0.1) is 11.3 Å². The van der Waals surface area contributed by atoms with Crippen LogP contribution in [-0.4, -0.2) is 44.7 Å². The van der Waals surface area contributed by atoms with Crippen molar-refractivity contribution in [2.45, 2.75) is 0 Å². The highest BCUT2D eigenvalue weighted by Gasteiger charge is 2.19. The molecule has 0 unspecified atom stereocenters. The molecule has 0 bridgehead atoms. The maximum atomic E-state index is 11.8. The topological polar surface area (TPSA) is 85.9 Å². The summed E-state index contributed by atoms with van der Waals surface area (Å²) in [6.07, 6.45) is 0. The van der Waals surface area contributed by atoms with Crippen molar-refractivity contribution in [3.05, 3.63) is 17.0 Å². The molecule has 0 saturated carbocycles. The fraction of sp³-hybridized carbons (Fsp3) is 0.455. The number of hydrogen-bond acceptors (Lipinski definition) is 4. The lowest BCUT2D eigenvalue weighted by atomic mass is 10.3. The fourth-order valence-electron chi connectivity index (χ4n) is 1.83. The third-order valence-corrected chi connectivity index (χ3v) is 3.62. The monoisotopic (exact) mass is 270 g/mol. The number of thiophene rings is 1. The SMILES string of the molecule is NC(=O)c1ccsc1NC(=O)C[NH+]1CCOCC1. The van der Waals surface area contributed by atoms with Crippen LogP contribution < -0.4 is 16.0 Å². The number of amides is 2. The first-order valence-corrected chi connectivity index (χ1v) is 6.63. The summed E-state index contributed by atoms with van der Waals surface area (Å²) < 4.78 is 5.23. The van der Waals surface area contributed by atoms with E-state index in [1.54, 1.807) is 11.4 Å². The van der Waals surface area contributed by atoms with Gasteiger partial charge in [-0.1, -0.05) is 0 Å². The number of rotatable bonds is 4. The number of primary amides is 1. The molecule has 7 heteroatoms. The van der Waals surface area contributed by atoms with Gasteiger partial charge in [-0.25, -0.2) is 0 Å². The van der Waals surface area contributed by atoms with Crippen molar-refractivity contribution < 1.29 is 19.2 Å². The number of anilines is 1. The highest BCUT2D eigenvalue weighted by Crippen LogP contribution is 2.22. The molecular formula is C11H16N3O3S+. The van der Waals surface area contributed by atoms with Crippen LogP contribution in [0.25, 0.3) is 0 Å². The van der Waals surface area contributed by atoms with E-state index in [2.05, 4.69) is 5.32 Å². The molecule has 2 rings (SSSR count). The van der Waals surface area contributed by atoms with E-state index in [0.717, 1.165) is 13.1 Å². The van der Waals surface area contributed by atoms with Crippen LogP contribution in [0.4, 0.5) is 5.00 Å². The maximum absolute atomic E-state index is 11.8. The Morgan fingerprint density at radius 2 is 2.17 bits per heavy atom. The molecule has 2 amide bonds. The van der Waals surface area contributed by atoms with E-state index in [1.807, 2.05) is 0 Å². The van der Waals surface area contributed by atoms with E-state index in [1.165, 1.54) is 16.2 Å². The molecule has 1 fully saturated rings. The molecule has 0 radical (unpaired) electrons. The number of quaternary nitrogens is 1. The minimum absolute atomic E-state index is 0.100. The van der Waals surface area contributed by atoms with Crippen molar-refractivity contribution in [3.8, 4) is 0 Å². The first kappa shape index (κ1) is 13.0. The zero-order valence-electron chi connectivity index (χ0n) is 9.90. The number of ether oxygens (including phenoxy) is 1. The molecule has 1 aliphatic heterocycles. The molecule has 1 aliphatic rings. The summed E-state index contributed by atoms with van der Waals surface area (Å²) in [5.74, 6) is -0.623. The molecule has 1 aromatic rings. The van der Waals surface area contributed by atoms with Gasteiger partial charge in [0.05, 0.1) is 18.8 Å². The van der Waals surface area contributed by atoms with E-state index >= 15 is 0 Å². The van der Waals surface area contributed by atoms with Crippen molar-refractivity contribution in [3.63, 3.8) is 0 Å². The van der Waals surface area contributed by atoms with Crippen LogP contribution in [0.2, 0.25) is 0 Å². The van der Waals surface area contributed by atoms with Crippen molar-refractivity contribution in [2.75, 3.05) is 38.2 Å². The van der Waals surface area contributed by atoms with Crippen molar-refractivity contribution in [2.24, 2.45) is 5.73 Å². The average molecular weight is 270 g/mol. The van der Waals surface area contributed by atoms with E-state index < -0.39 is 5.91 Å². The highest BCUT2D eigenvalue weighted by atomic mass is 32.1. The highest BCUT2D eigenvalue weighted by molar-refractivity contribution is 7.14. The van der Waals surface area contributed by atoms with Gasteiger partial charge in [0.25, 0.3) is 11.8 Å². The normalized spacial score (nSPS) is 16.4. The molecule has 98 valence electrons. The Bertz CT molecular complexity index is 440. The summed E-state index contributed by atoms with van der Waals surface area (Å²) in [4.78, 5) is 24.1.